The normalized spacial score (nSPS) is 15.7. The number of methoxy groups -OCH3 is 8. The second kappa shape index (κ2) is 31.1. The molecule has 9 aromatic carbocycles. The summed E-state index contributed by atoms with van der Waals surface area (Å²) in [5.74, 6) is 6.21. The Morgan fingerprint density at radius 1 is 0.430 bits per heavy atom. The van der Waals surface area contributed by atoms with Crippen molar-refractivity contribution < 1.29 is 62.5 Å². The first kappa shape index (κ1) is 69.2. The molecular formula is C78H78Cl2O13. The van der Waals surface area contributed by atoms with Gasteiger partial charge in [-0.05, 0) is 139 Å². The van der Waals surface area contributed by atoms with Gasteiger partial charge in [0.05, 0.1) is 67.9 Å². The number of carbonyl (C=O) groups excluding carboxylic acids is 3. The standard InChI is InChI=1S/C18H16Cl2O3.C18H18O3.2C16H16O2.C10H12O3/c1-22-13-8-9-15(23-2)14(10-13)17(11-16(21)18(17,19)20)12-6-4-3-5-7-12;1-20-15-8-9-17(21-2)16(10-15)18(11-14(19)12-18)13-6-4-3-5-7-13;17-13-7-8-15(18)14(11-13)16(9-4-10-16)12-5-2-1-3-6-12;1-12(13-7-5-4-6-8-13)15-11-14(17-2)9-10-16(15)18-3;1-7(11)9-6-8(12-2)4-5-10(9)13-3/h3-10H,11H2,1-2H3;3-10H,11-12H2,1-2H3;1-3,5-8,11,17-18H,4,9-10H2;4-11H,1H2,2-3H3;4-6H,1-3H3. The molecule has 0 aliphatic heterocycles. The summed E-state index contributed by atoms with van der Waals surface area (Å²) in [6.45, 7) is 5.64. The van der Waals surface area contributed by atoms with Gasteiger partial charge in [-0.3, -0.25) is 14.4 Å². The number of alkyl halides is 2. The van der Waals surface area contributed by atoms with Gasteiger partial charge >= 0.3 is 0 Å². The maximum Gasteiger partial charge on any atom is 0.190 e. The fraction of sp³-hybridized carbons (Fsp3) is 0.244. The number of ether oxygens (including phenoxy) is 8. The fourth-order valence-electron chi connectivity index (χ4n) is 12.1. The van der Waals surface area contributed by atoms with Gasteiger partial charge in [0.2, 0.25) is 0 Å². The van der Waals surface area contributed by atoms with E-state index in [0.29, 0.717) is 41.4 Å². The average Bonchev–Trinajstić information content (AvgIpc) is 0.696. The van der Waals surface area contributed by atoms with E-state index in [1.54, 1.807) is 92.2 Å². The van der Waals surface area contributed by atoms with Crippen LogP contribution >= 0.6 is 23.2 Å². The van der Waals surface area contributed by atoms with E-state index in [9.17, 15) is 24.6 Å². The molecule has 3 aliphatic carbocycles. The van der Waals surface area contributed by atoms with Crippen LogP contribution in [-0.2, 0) is 25.8 Å². The van der Waals surface area contributed by atoms with Gasteiger partial charge < -0.3 is 48.1 Å². The van der Waals surface area contributed by atoms with Crippen LogP contribution in [0, 0.1) is 0 Å². The quantitative estimate of drug-likeness (QED) is 0.0503. The summed E-state index contributed by atoms with van der Waals surface area (Å²) in [7, 11) is 12.9. The number of ketones is 3. The number of hydrogen-bond donors (Lipinski definition) is 2. The Bertz CT molecular complexity index is 4010. The summed E-state index contributed by atoms with van der Waals surface area (Å²) in [4.78, 5) is 35.0. The molecule has 9 aromatic rings. The van der Waals surface area contributed by atoms with Gasteiger partial charge in [0.15, 0.2) is 15.9 Å². The third-order valence-electron chi connectivity index (χ3n) is 17.4. The molecule has 0 spiro atoms. The number of carbonyl (C=O) groups is 3. The Labute approximate surface area is 555 Å². The molecule has 13 nitrogen and oxygen atoms in total. The molecule has 0 radical (unpaired) electrons. The molecule has 93 heavy (non-hydrogen) atoms. The first-order valence-corrected chi connectivity index (χ1v) is 30.9. The Balaban J connectivity index is 0.000000151. The largest absolute Gasteiger partial charge is 0.508 e. The number of phenolic OH excluding ortho intramolecular Hbond substituents is 2. The molecule has 3 fully saturated rings. The first-order chi connectivity index (χ1) is 44.8. The molecule has 2 N–H and O–H groups in total. The van der Waals surface area contributed by atoms with Crippen LogP contribution in [-0.4, -0.2) is 88.8 Å². The first-order valence-electron chi connectivity index (χ1n) is 30.1. The monoisotopic (exact) mass is 1290 g/mol. The topological polar surface area (TPSA) is 166 Å². The van der Waals surface area contributed by atoms with Crippen LogP contribution in [0.5, 0.6) is 57.5 Å². The van der Waals surface area contributed by atoms with Crippen molar-refractivity contribution in [2.75, 3.05) is 56.9 Å². The summed E-state index contributed by atoms with van der Waals surface area (Å²) >= 11 is 13.0. The summed E-state index contributed by atoms with van der Waals surface area (Å²) < 4.78 is 40.8. The lowest BCUT2D eigenvalue weighted by Crippen LogP contribution is -2.61. The molecule has 1 atom stereocenters. The van der Waals surface area contributed by atoms with Gasteiger partial charge in [0.25, 0.3) is 0 Å². The Morgan fingerprint density at radius 3 is 1.26 bits per heavy atom. The van der Waals surface area contributed by atoms with E-state index in [0.717, 1.165) is 86.8 Å². The summed E-state index contributed by atoms with van der Waals surface area (Å²) in [6, 6.07) is 66.8. The van der Waals surface area contributed by atoms with Crippen molar-refractivity contribution in [3.8, 4) is 57.5 Å². The molecule has 1 unspecified atom stereocenters. The lowest BCUT2D eigenvalue weighted by atomic mass is 9.58. The predicted molar refractivity (Wildman–Crippen MR) is 366 cm³/mol. The number of hydrogen-bond acceptors (Lipinski definition) is 13. The van der Waals surface area contributed by atoms with Gasteiger partial charge in [0.1, 0.15) is 63.3 Å². The summed E-state index contributed by atoms with van der Waals surface area (Å²) in [6.07, 6.45) is 4.45. The Hall–Kier alpha value is -9.69. The number of aromatic hydroxyl groups is 2. The second-order valence-electron chi connectivity index (χ2n) is 22.5. The van der Waals surface area contributed by atoms with Crippen LogP contribution < -0.4 is 37.9 Å². The van der Waals surface area contributed by atoms with Gasteiger partial charge in [-0.1, -0.05) is 158 Å². The van der Waals surface area contributed by atoms with Crippen LogP contribution in [0.25, 0.3) is 5.57 Å². The van der Waals surface area contributed by atoms with E-state index in [1.807, 2.05) is 140 Å². The number of phenols is 2. The van der Waals surface area contributed by atoms with Crippen molar-refractivity contribution in [3.05, 3.63) is 269 Å². The van der Waals surface area contributed by atoms with Crippen molar-refractivity contribution in [2.45, 2.75) is 66.0 Å². The maximum atomic E-state index is 12.1. The Morgan fingerprint density at radius 2 is 0.839 bits per heavy atom. The van der Waals surface area contributed by atoms with Gasteiger partial charge in [-0.2, -0.15) is 0 Å². The van der Waals surface area contributed by atoms with Crippen LogP contribution in [0.3, 0.4) is 0 Å². The molecule has 482 valence electrons. The lowest BCUT2D eigenvalue weighted by molar-refractivity contribution is -0.128. The molecular weight excluding hydrogens is 1220 g/mol. The summed E-state index contributed by atoms with van der Waals surface area (Å²) in [5, 5.41) is 19.7. The molecule has 0 saturated heterocycles. The van der Waals surface area contributed by atoms with Crippen molar-refractivity contribution >= 4 is 46.1 Å². The molecule has 0 bridgehead atoms. The highest BCUT2D eigenvalue weighted by Crippen LogP contribution is 2.62. The van der Waals surface area contributed by atoms with Crippen molar-refractivity contribution in [2.24, 2.45) is 0 Å². The SMILES string of the molecule is C=C(c1ccccc1)c1cc(OC)ccc1OC.COc1ccc(OC)c(C(C)=O)c1.COc1ccc(OC)c(C2(c3ccccc3)CC(=O)C2(Cl)Cl)c1.COc1ccc(OC)c(C2(c3ccccc3)CC(=O)C2)c1.Oc1ccc(O)c(C2(c3ccccc3)CCC2)c1. The zero-order valence-corrected chi connectivity index (χ0v) is 55.3. The minimum Gasteiger partial charge on any atom is -0.508 e. The molecule has 12 rings (SSSR count). The van der Waals surface area contributed by atoms with Crippen LogP contribution in [0.2, 0.25) is 0 Å². The van der Waals surface area contributed by atoms with E-state index in [2.05, 4.69) is 30.8 Å². The predicted octanol–water partition coefficient (Wildman–Crippen LogP) is 16.7. The molecule has 0 heterocycles. The van der Waals surface area contributed by atoms with Crippen molar-refractivity contribution in [1.29, 1.82) is 0 Å². The number of benzene rings is 9. The van der Waals surface area contributed by atoms with Gasteiger partial charge in [-0.15, -0.1) is 0 Å². The second-order valence-corrected chi connectivity index (χ2v) is 23.8. The van der Waals surface area contributed by atoms with Crippen LogP contribution in [0.4, 0.5) is 0 Å². The highest BCUT2D eigenvalue weighted by Gasteiger charge is 2.67. The third kappa shape index (κ3) is 14.8. The number of rotatable bonds is 17. The number of Topliss-reactive ketones (excluding diaryl/α,β-unsaturated/α-hetero) is 3. The number of halogens is 2. The van der Waals surface area contributed by atoms with Crippen LogP contribution in [0.15, 0.2) is 219 Å². The molecule has 0 aromatic heterocycles. The minimum absolute atomic E-state index is 0.0317. The van der Waals surface area contributed by atoms with Gasteiger partial charge in [-0.25, -0.2) is 0 Å². The smallest absolute Gasteiger partial charge is 0.190 e. The third-order valence-corrected chi connectivity index (χ3v) is 18.4. The van der Waals surface area contributed by atoms with E-state index in [4.69, 9.17) is 61.1 Å². The fourth-order valence-corrected chi connectivity index (χ4v) is 12.8. The highest BCUT2D eigenvalue weighted by molar-refractivity contribution is 6.62. The van der Waals surface area contributed by atoms with E-state index >= 15 is 0 Å². The summed E-state index contributed by atoms with van der Waals surface area (Å²) in [5.41, 5.74) is 8.06. The van der Waals surface area contributed by atoms with E-state index in [-0.39, 0.29) is 46.1 Å². The van der Waals surface area contributed by atoms with Gasteiger partial charge in [0, 0.05) is 52.3 Å². The average molecular weight is 1290 g/mol. The highest BCUT2D eigenvalue weighted by atomic mass is 35.5. The Kier molecular flexibility index (Phi) is 23.1. The maximum absolute atomic E-state index is 12.1. The molecule has 3 aliphatic rings. The van der Waals surface area contributed by atoms with E-state index in [1.165, 1.54) is 25.7 Å². The molecule has 0 amide bonds. The lowest BCUT2D eigenvalue weighted by Gasteiger charge is -2.51. The molecule has 15 heteroatoms. The molecule has 3 saturated carbocycles. The van der Waals surface area contributed by atoms with Crippen molar-refractivity contribution in [1.82, 2.24) is 0 Å². The zero-order chi connectivity index (χ0) is 66.9. The van der Waals surface area contributed by atoms with Crippen LogP contribution in [0.1, 0.15) is 100 Å². The zero-order valence-electron chi connectivity index (χ0n) is 53.8. The van der Waals surface area contributed by atoms with Crippen molar-refractivity contribution in [3.63, 3.8) is 0 Å². The van der Waals surface area contributed by atoms with E-state index < -0.39 is 9.75 Å². The minimum atomic E-state index is -1.55.